The molecule has 0 aliphatic carbocycles. The van der Waals surface area contributed by atoms with Gasteiger partial charge in [-0.3, -0.25) is 0 Å². The van der Waals surface area contributed by atoms with E-state index in [1.807, 2.05) is 17.0 Å². The minimum atomic E-state index is -0.115. The first-order chi connectivity index (χ1) is 7.33. The van der Waals surface area contributed by atoms with Crippen molar-refractivity contribution in [2.45, 2.75) is 5.33 Å². The summed E-state index contributed by atoms with van der Waals surface area (Å²) in [6, 6.07) is 5.52. The lowest BCUT2D eigenvalue weighted by Crippen LogP contribution is -2.36. The van der Waals surface area contributed by atoms with Crippen LogP contribution in [0, 0.1) is 5.82 Å². The van der Waals surface area contributed by atoms with Crippen LogP contribution in [0.1, 0.15) is 5.56 Å². The third-order valence-corrected chi connectivity index (χ3v) is 3.16. The highest BCUT2D eigenvalue weighted by molar-refractivity contribution is 9.08. The van der Waals surface area contributed by atoms with E-state index in [0.717, 1.165) is 13.1 Å². The van der Waals surface area contributed by atoms with Crippen LogP contribution >= 0.6 is 15.9 Å². The number of anilines is 1. The van der Waals surface area contributed by atoms with Crippen molar-refractivity contribution in [3.8, 4) is 0 Å². The van der Waals surface area contributed by atoms with Crippen molar-refractivity contribution < 1.29 is 9.13 Å². The number of hydrogen-bond donors (Lipinski definition) is 0. The molecule has 1 fully saturated rings. The van der Waals surface area contributed by atoms with E-state index in [4.69, 9.17) is 4.74 Å². The molecule has 2 nitrogen and oxygen atoms in total. The van der Waals surface area contributed by atoms with Gasteiger partial charge < -0.3 is 9.64 Å². The van der Waals surface area contributed by atoms with Gasteiger partial charge in [-0.1, -0.05) is 28.1 Å². The summed E-state index contributed by atoms with van der Waals surface area (Å²) in [5.41, 5.74) is 1.40. The highest BCUT2D eigenvalue weighted by atomic mass is 79.9. The molecule has 0 radical (unpaired) electrons. The van der Waals surface area contributed by atoms with Crippen molar-refractivity contribution in [1.29, 1.82) is 0 Å². The molecule has 0 atom stereocenters. The maximum atomic E-state index is 13.9. The Kier molecular flexibility index (Phi) is 3.59. The molecule has 0 N–H and O–H groups in total. The van der Waals surface area contributed by atoms with Crippen LogP contribution in [0.15, 0.2) is 18.2 Å². The van der Waals surface area contributed by atoms with Crippen LogP contribution in [-0.4, -0.2) is 26.3 Å². The first kappa shape index (κ1) is 10.9. The minimum absolute atomic E-state index is 0.115. The summed E-state index contributed by atoms with van der Waals surface area (Å²) < 4.78 is 19.2. The van der Waals surface area contributed by atoms with Crippen LogP contribution in [0.4, 0.5) is 10.1 Å². The largest absolute Gasteiger partial charge is 0.378 e. The monoisotopic (exact) mass is 273 g/mol. The summed E-state index contributed by atoms with van der Waals surface area (Å²) in [4.78, 5) is 2.03. The van der Waals surface area contributed by atoms with Crippen molar-refractivity contribution in [1.82, 2.24) is 0 Å². The van der Waals surface area contributed by atoms with Crippen LogP contribution in [-0.2, 0) is 10.1 Å². The van der Waals surface area contributed by atoms with Crippen molar-refractivity contribution in [3.63, 3.8) is 0 Å². The lowest BCUT2D eigenvalue weighted by atomic mass is 10.2. The molecule has 15 heavy (non-hydrogen) atoms. The fraction of sp³-hybridized carbons (Fsp3) is 0.455. The SMILES string of the molecule is Fc1c(CBr)cccc1N1CCOCC1. The van der Waals surface area contributed by atoms with Gasteiger partial charge in [-0.25, -0.2) is 4.39 Å². The third-order valence-electron chi connectivity index (χ3n) is 2.55. The van der Waals surface area contributed by atoms with Crippen molar-refractivity contribution in [2.24, 2.45) is 0 Å². The fourth-order valence-electron chi connectivity index (χ4n) is 1.72. The van der Waals surface area contributed by atoms with Crippen LogP contribution in [0.3, 0.4) is 0 Å². The highest BCUT2D eigenvalue weighted by Gasteiger charge is 2.16. The zero-order valence-corrected chi connectivity index (χ0v) is 9.96. The van der Waals surface area contributed by atoms with Gasteiger partial charge >= 0.3 is 0 Å². The number of nitrogens with zero attached hydrogens (tertiary/aromatic N) is 1. The first-order valence-corrected chi connectivity index (χ1v) is 6.11. The van der Waals surface area contributed by atoms with Gasteiger partial charge in [0.2, 0.25) is 0 Å². The number of halogens is 2. The molecule has 0 aromatic heterocycles. The number of benzene rings is 1. The summed E-state index contributed by atoms with van der Waals surface area (Å²) in [5.74, 6) is -0.115. The molecule has 1 aliphatic rings. The van der Waals surface area contributed by atoms with Gasteiger partial charge in [-0.05, 0) is 6.07 Å². The molecule has 4 heteroatoms. The smallest absolute Gasteiger partial charge is 0.150 e. The predicted octanol–water partition coefficient (Wildman–Crippen LogP) is 2.56. The van der Waals surface area contributed by atoms with Gasteiger partial charge in [0.1, 0.15) is 0 Å². The van der Waals surface area contributed by atoms with Gasteiger partial charge in [0.05, 0.1) is 18.9 Å². The Morgan fingerprint density at radius 3 is 2.73 bits per heavy atom. The molecule has 1 aromatic rings. The zero-order valence-electron chi connectivity index (χ0n) is 8.38. The van der Waals surface area contributed by atoms with Crippen LogP contribution < -0.4 is 4.90 Å². The average molecular weight is 274 g/mol. The molecule has 0 unspecified atom stereocenters. The molecular weight excluding hydrogens is 261 g/mol. The lowest BCUT2D eigenvalue weighted by molar-refractivity contribution is 0.122. The molecule has 0 spiro atoms. The second-order valence-corrected chi connectivity index (χ2v) is 4.04. The maximum Gasteiger partial charge on any atom is 0.150 e. The number of rotatable bonds is 2. The second kappa shape index (κ2) is 4.94. The standard InChI is InChI=1S/C11H13BrFNO/c12-8-9-2-1-3-10(11(9)13)14-4-6-15-7-5-14/h1-3H,4-8H2. The van der Waals surface area contributed by atoms with E-state index in [1.54, 1.807) is 6.07 Å². The molecule has 82 valence electrons. The van der Waals surface area contributed by atoms with E-state index in [0.29, 0.717) is 29.8 Å². The Balaban J connectivity index is 2.26. The Morgan fingerprint density at radius 2 is 2.07 bits per heavy atom. The Hall–Kier alpha value is -0.610. The molecule has 0 saturated carbocycles. The summed E-state index contributed by atoms with van der Waals surface area (Å²) in [7, 11) is 0. The van der Waals surface area contributed by atoms with Crippen LogP contribution in [0.2, 0.25) is 0 Å². The van der Waals surface area contributed by atoms with Gasteiger partial charge in [0.15, 0.2) is 5.82 Å². The molecule has 0 bridgehead atoms. The molecule has 1 saturated heterocycles. The van der Waals surface area contributed by atoms with Gasteiger partial charge in [-0.2, -0.15) is 0 Å². The Bertz CT molecular complexity index is 339. The molecule has 1 aliphatic heterocycles. The molecule has 0 amide bonds. The quantitative estimate of drug-likeness (QED) is 0.768. The normalized spacial score (nSPS) is 16.8. The lowest BCUT2D eigenvalue weighted by Gasteiger charge is -2.29. The van der Waals surface area contributed by atoms with Crippen molar-refractivity contribution in [3.05, 3.63) is 29.6 Å². The number of alkyl halides is 1. The molecular formula is C11H13BrFNO. The molecule has 1 heterocycles. The van der Waals surface area contributed by atoms with E-state index in [-0.39, 0.29) is 5.82 Å². The van der Waals surface area contributed by atoms with Gasteiger partial charge in [-0.15, -0.1) is 0 Å². The minimum Gasteiger partial charge on any atom is -0.378 e. The highest BCUT2D eigenvalue weighted by Crippen LogP contribution is 2.24. The third kappa shape index (κ3) is 2.32. The van der Waals surface area contributed by atoms with Crippen molar-refractivity contribution in [2.75, 3.05) is 31.2 Å². The maximum absolute atomic E-state index is 13.9. The van der Waals surface area contributed by atoms with Gasteiger partial charge in [0, 0.05) is 24.0 Å². The summed E-state index contributed by atoms with van der Waals surface area (Å²) >= 11 is 3.28. The fourth-order valence-corrected chi connectivity index (χ4v) is 2.15. The Morgan fingerprint density at radius 1 is 1.33 bits per heavy atom. The van der Waals surface area contributed by atoms with E-state index in [9.17, 15) is 4.39 Å². The van der Waals surface area contributed by atoms with E-state index in [2.05, 4.69) is 15.9 Å². The Labute approximate surface area is 97.2 Å². The zero-order chi connectivity index (χ0) is 10.7. The summed E-state index contributed by atoms with van der Waals surface area (Å²) in [6.07, 6.45) is 0. The van der Waals surface area contributed by atoms with Crippen LogP contribution in [0.5, 0.6) is 0 Å². The average Bonchev–Trinajstić information content (AvgIpc) is 2.30. The van der Waals surface area contributed by atoms with Gasteiger partial charge in [0.25, 0.3) is 0 Å². The number of morpholine rings is 1. The van der Waals surface area contributed by atoms with E-state index < -0.39 is 0 Å². The summed E-state index contributed by atoms with van der Waals surface area (Å²) in [6.45, 7) is 2.89. The topological polar surface area (TPSA) is 12.5 Å². The van der Waals surface area contributed by atoms with E-state index in [1.165, 1.54) is 0 Å². The second-order valence-electron chi connectivity index (χ2n) is 3.48. The first-order valence-electron chi connectivity index (χ1n) is 4.99. The summed E-state index contributed by atoms with van der Waals surface area (Å²) in [5, 5.41) is 0.553. The molecule has 2 rings (SSSR count). The number of hydrogen-bond acceptors (Lipinski definition) is 2. The molecule has 1 aromatic carbocycles. The van der Waals surface area contributed by atoms with Crippen LogP contribution in [0.25, 0.3) is 0 Å². The number of ether oxygens (including phenoxy) is 1. The van der Waals surface area contributed by atoms with Crippen molar-refractivity contribution >= 4 is 21.6 Å². The van der Waals surface area contributed by atoms with E-state index >= 15 is 0 Å². The predicted molar refractivity (Wildman–Crippen MR) is 62.1 cm³/mol.